The summed E-state index contributed by atoms with van der Waals surface area (Å²) in [4.78, 5) is 30.0. The van der Waals surface area contributed by atoms with Gasteiger partial charge in [0.2, 0.25) is 11.9 Å². The van der Waals surface area contributed by atoms with Gasteiger partial charge in [-0.2, -0.15) is 0 Å². The summed E-state index contributed by atoms with van der Waals surface area (Å²) < 4.78 is 0. The minimum Gasteiger partial charge on any atom is -0.357 e. The SMILES string of the molecule is CCNC(=NCCC(=O)N1CCN(c2ncccn2)CC1)NC1CCC(C(C)C)CC1.I. The van der Waals surface area contributed by atoms with E-state index in [0.29, 0.717) is 32.1 Å². The normalized spacial score (nSPS) is 21.8. The first-order chi connectivity index (χ1) is 15.1. The Morgan fingerprint density at radius 3 is 2.38 bits per heavy atom. The second kappa shape index (κ2) is 13.8. The molecule has 1 aliphatic heterocycles. The van der Waals surface area contributed by atoms with Crippen LogP contribution < -0.4 is 15.5 Å². The summed E-state index contributed by atoms with van der Waals surface area (Å²) in [6, 6.07) is 2.30. The van der Waals surface area contributed by atoms with E-state index in [0.717, 1.165) is 43.4 Å². The average Bonchev–Trinajstić information content (AvgIpc) is 2.80. The number of guanidine groups is 1. The van der Waals surface area contributed by atoms with E-state index < -0.39 is 0 Å². The molecule has 2 aliphatic rings. The van der Waals surface area contributed by atoms with Gasteiger partial charge in [0.05, 0.1) is 6.54 Å². The molecule has 2 N–H and O–H groups in total. The van der Waals surface area contributed by atoms with Crippen molar-refractivity contribution in [2.45, 2.75) is 58.9 Å². The molecule has 1 saturated heterocycles. The Balaban J connectivity index is 0.00000363. The monoisotopic (exact) mass is 557 g/mol. The van der Waals surface area contributed by atoms with E-state index in [-0.39, 0.29) is 29.9 Å². The number of carbonyl (C=O) groups excluding carboxylic acids is 1. The van der Waals surface area contributed by atoms with Crippen molar-refractivity contribution >= 4 is 41.8 Å². The van der Waals surface area contributed by atoms with Gasteiger partial charge in [0.15, 0.2) is 5.96 Å². The second-order valence-electron chi connectivity index (χ2n) is 8.93. The van der Waals surface area contributed by atoms with Crippen molar-refractivity contribution in [2.75, 3.05) is 44.2 Å². The van der Waals surface area contributed by atoms with Gasteiger partial charge in [0.25, 0.3) is 0 Å². The standard InChI is InChI=1S/C23H39N7O.HI/c1-4-24-22(28-20-8-6-19(7-9-20)18(2)3)25-13-10-21(31)29-14-16-30(17-15-29)23-26-11-5-12-27-23;/h5,11-12,18-20H,4,6-10,13-17H2,1-3H3,(H2,24,25,28);1H. The summed E-state index contributed by atoms with van der Waals surface area (Å²) in [6.45, 7) is 11.0. The number of amides is 1. The zero-order valence-corrected chi connectivity index (χ0v) is 22.1. The summed E-state index contributed by atoms with van der Waals surface area (Å²) in [7, 11) is 0. The highest BCUT2D eigenvalue weighted by atomic mass is 127. The molecule has 0 radical (unpaired) electrons. The van der Waals surface area contributed by atoms with Crippen molar-refractivity contribution in [1.29, 1.82) is 0 Å². The van der Waals surface area contributed by atoms with Gasteiger partial charge in [-0.1, -0.05) is 13.8 Å². The number of hydrogen-bond acceptors (Lipinski definition) is 5. The van der Waals surface area contributed by atoms with Crippen LogP contribution in [0, 0.1) is 11.8 Å². The van der Waals surface area contributed by atoms with Gasteiger partial charge in [0, 0.05) is 57.6 Å². The Bertz CT molecular complexity index is 700. The maximum Gasteiger partial charge on any atom is 0.225 e. The van der Waals surface area contributed by atoms with Crippen LogP contribution in [0.2, 0.25) is 0 Å². The van der Waals surface area contributed by atoms with Crippen molar-refractivity contribution in [3.63, 3.8) is 0 Å². The maximum atomic E-state index is 12.6. The lowest BCUT2D eigenvalue weighted by atomic mass is 9.80. The van der Waals surface area contributed by atoms with E-state index >= 15 is 0 Å². The number of rotatable bonds is 7. The zero-order chi connectivity index (χ0) is 22.1. The molecule has 32 heavy (non-hydrogen) atoms. The Morgan fingerprint density at radius 2 is 1.78 bits per heavy atom. The van der Waals surface area contributed by atoms with Gasteiger partial charge in [-0.25, -0.2) is 9.97 Å². The Hall–Kier alpha value is -1.65. The summed E-state index contributed by atoms with van der Waals surface area (Å²) in [6.07, 6.45) is 8.91. The molecule has 0 spiro atoms. The van der Waals surface area contributed by atoms with Gasteiger partial charge in [-0.05, 0) is 50.5 Å². The highest BCUT2D eigenvalue weighted by molar-refractivity contribution is 14.0. The Kier molecular flexibility index (Phi) is 11.5. The first-order valence-corrected chi connectivity index (χ1v) is 11.9. The number of aromatic nitrogens is 2. The number of aliphatic imine (C=N–C) groups is 1. The quantitative estimate of drug-likeness (QED) is 0.305. The molecule has 0 aromatic carbocycles. The van der Waals surface area contributed by atoms with Crippen LogP contribution in [-0.2, 0) is 4.79 Å². The number of piperazine rings is 1. The number of carbonyl (C=O) groups is 1. The maximum absolute atomic E-state index is 12.6. The fourth-order valence-electron chi connectivity index (χ4n) is 4.48. The van der Waals surface area contributed by atoms with E-state index in [4.69, 9.17) is 0 Å². The number of anilines is 1. The molecule has 1 saturated carbocycles. The van der Waals surface area contributed by atoms with Gasteiger partial charge >= 0.3 is 0 Å². The van der Waals surface area contributed by atoms with Crippen LogP contribution in [-0.4, -0.2) is 72.0 Å². The molecule has 1 aromatic rings. The average molecular weight is 558 g/mol. The third-order valence-electron chi connectivity index (χ3n) is 6.46. The number of nitrogens with zero attached hydrogens (tertiary/aromatic N) is 5. The molecular weight excluding hydrogens is 517 g/mol. The van der Waals surface area contributed by atoms with Crippen LogP contribution >= 0.6 is 24.0 Å². The summed E-state index contributed by atoms with van der Waals surface area (Å²) >= 11 is 0. The van der Waals surface area contributed by atoms with Crippen molar-refractivity contribution in [3.05, 3.63) is 18.5 Å². The van der Waals surface area contributed by atoms with Gasteiger partial charge in [0.1, 0.15) is 0 Å². The molecule has 180 valence electrons. The van der Waals surface area contributed by atoms with E-state index in [2.05, 4.69) is 51.3 Å². The first-order valence-electron chi connectivity index (χ1n) is 11.9. The predicted octanol–water partition coefficient (Wildman–Crippen LogP) is 2.90. The molecule has 1 aromatic heterocycles. The summed E-state index contributed by atoms with van der Waals surface area (Å²) in [5.74, 6) is 3.38. The molecule has 0 atom stereocenters. The minimum absolute atomic E-state index is 0. The largest absolute Gasteiger partial charge is 0.357 e. The van der Waals surface area contributed by atoms with E-state index in [1.54, 1.807) is 12.4 Å². The Morgan fingerprint density at radius 1 is 1.12 bits per heavy atom. The van der Waals surface area contributed by atoms with E-state index in [1.807, 2.05) is 11.0 Å². The van der Waals surface area contributed by atoms with Crippen LogP contribution in [0.3, 0.4) is 0 Å². The zero-order valence-electron chi connectivity index (χ0n) is 19.8. The second-order valence-corrected chi connectivity index (χ2v) is 8.93. The van der Waals surface area contributed by atoms with Gasteiger partial charge in [-0.15, -0.1) is 24.0 Å². The topological polar surface area (TPSA) is 85.8 Å². The summed E-state index contributed by atoms with van der Waals surface area (Å²) in [5.41, 5.74) is 0. The smallest absolute Gasteiger partial charge is 0.225 e. The molecular formula is C23H40IN7O. The molecule has 3 rings (SSSR count). The van der Waals surface area contributed by atoms with Crippen LogP contribution in [0.25, 0.3) is 0 Å². The molecule has 8 nitrogen and oxygen atoms in total. The van der Waals surface area contributed by atoms with Crippen LogP contribution in [0.15, 0.2) is 23.5 Å². The van der Waals surface area contributed by atoms with E-state index in [1.165, 1.54) is 25.7 Å². The third kappa shape index (κ3) is 8.04. The van der Waals surface area contributed by atoms with E-state index in [9.17, 15) is 4.79 Å². The molecule has 2 fully saturated rings. The lowest BCUT2D eigenvalue weighted by molar-refractivity contribution is -0.131. The van der Waals surface area contributed by atoms with Crippen molar-refractivity contribution in [3.8, 4) is 0 Å². The molecule has 1 amide bonds. The molecule has 0 bridgehead atoms. The Labute approximate surface area is 210 Å². The van der Waals surface area contributed by atoms with Crippen molar-refractivity contribution in [2.24, 2.45) is 16.8 Å². The molecule has 0 unspecified atom stereocenters. The molecule has 9 heteroatoms. The molecule has 1 aliphatic carbocycles. The molecule has 2 heterocycles. The summed E-state index contributed by atoms with van der Waals surface area (Å²) in [5, 5.41) is 6.92. The lowest BCUT2D eigenvalue weighted by Crippen LogP contribution is -2.49. The van der Waals surface area contributed by atoms with Crippen LogP contribution in [0.4, 0.5) is 5.95 Å². The third-order valence-corrected chi connectivity index (χ3v) is 6.46. The highest BCUT2D eigenvalue weighted by Gasteiger charge is 2.24. The van der Waals surface area contributed by atoms with Crippen LogP contribution in [0.1, 0.15) is 52.9 Å². The van der Waals surface area contributed by atoms with Crippen LogP contribution in [0.5, 0.6) is 0 Å². The van der Waals surface area contributed by atoms with Crippen molar-refractivity contribution < 1.29 is 4.79 Å². The lowest BCUT2D eigenvalue weighted by Gasteiger charge is -2.34. The number of nitrogens with one attached hydrogen (secondary N) is 2. The fraction of sp³-hybridized carbons (Fsp3) is 0.739. The van der Waals surface area contributed by atoms with Gasteiger partial charge < -0.3 is 20.4 Å². The first kappa shape index (κ1) is 26.6. The predicted molar refractivity (Wildman–Crippen MR) is 141 cm³/mol. The van der Waals surface area contributed by atoms with Crippen molar-refractivity contribution in [1.82, 2.24) is 25.5 Å². The minimum atomic E-state index is 0. The fourth-order valence-corrected chi connectivity index (χ4v) is 4.48. The number of halogens is 1. The van der Waals surface area contributed by atoms with Gasteiger partial charge in [-0.3, -0.25) is 9.79 Å². The number of hydrogen-bond donors (Lipinski definition) is 2. The highest BCUT2D eigenvalue weighted by Crippen LogP contribution is 2.29.